The maximum absolute atomic E-state index is 13.5. The first-order chi connectivity index (χ1) is 18.9. The first-order valence-electron chi connectivity index (χ1n) is 12.2. The van der Waals surface area contributed by atoms with Gasteiger partial charge >= 0.3 is 5.97 Å². The third-order valence-electron chi connectivity index (χ3n) is 6.74. The molecule has 6 rings (SSSR count). The topological polar surface area (TPSA) is 91.6 Å². The maximum Gasteiger partial charge on any atom is 0.335 e. The number of carboxylic acids is 1. The molecule has 4 aromatic carbocycles. The summed E-state index contributed by atoms with van der Waals surface area (Å²) < 4.78 is 2.09. The Kier molecular flexibility index (Phi) is 6.01. The van der Waals surface area contributed by atoms with Gasteiger partial charge in [0.2, 0.25) is 0 Å². The number of anilines is 1. The van der Waals surface area contributed by atoms with Crippen molar-refractivity contribution in [3.05, 3.63) is 119 Å². The number of benzene rings is 4. The van der Waals surface area contributed by atoms with E-state index < -0.39 is 17.8 Å². The number of hydrogen-bond donors (Lipinski definition) is 2. The van der Waals surface area contributed by atoms with E-state index in [1.807, 2.05) is 42.6 Å². The van der Waals surface area contributed by atoms with Gasteiger partial charge in [0, 0.05) is 29.2 Å². The zero-order chi connectivity index (χ0) is 27.1. The lowest BCUT2D eigenvalue weighted by Gasteiger charge is -2.29. The molecule has 2 heterocycles. The quantitative estimate of drug-likeness (QED) is 0.181. The third kappa shape index (κ3) is 4.47. The van der Waals surface area contributed by atoms with E-state index in [1.165, 1.54) is 23.6 Å². The minimum atomic E-state index is -1.13. The molecule has 0 radical (unpaired) electrons. The number of fused-ring (bicyclic) bond motifs is 2. The summed E-state index contributed by atoms with van der Waals surface area (Å²) in [6.45, 7) is 0.604. The molecule has 2 amide bonds. The molecule has 0 atom stereocenters. The highest BCUT2D eigenvalue weighted by Crippen LogP contribution is 2.28. The molecule has 0 bridgehead atoms. The molecule has 0 saturated carbocycles. The second kappa shape index (κ2) is 9.66. The van der Waals surface area contributed by atoms with Crippen LogP contribution in [0.5, 0.6) is 0 Å². The van der Waals surface area contributed by atoms with Gasteiger partial charge in [-0.05, 0) is 65.0 Å². The van der Waals surface area contributed by atoms with Crippen LogP contribution in [0.15, 0.2) is 103 Å². The van der Waals surface area contributed by atoms with E-state index >= 15 is 0 Å². The van der Waals surface area contributed by atoms with Crippen molar-refractivity contribution < 1.29 is 19.5 Å². The van der Waals surface area contributed by atoms with Crippen molar-refractivity contribution >= 4 is 68.6 Å². The van der Waals surface area contributed by atoms with Crippen molar-refractivity contribution in [2.75, 3.05) is 4.90 Å². The lowest BCUT2D eigenvalue weighted by molar-refractivity contribution is -0.122. The Balaban J connectivity index is 1.40. The summed E-state index contributed by atoms with van der Waals surface area (Å²) >= 11 is 5.27. The summed E-state index contributed by atoms with van der Waals surface area (Å²) in [5.41, 5.74) is 2.95. The number of carboxylic acid groups (broad SMARTS) is 1. The van der Waals surface area contributed by atoms with Crippen LogP contribution in [0.2, 0.25) is 0 Å². The van der Waals surface area contributed by atoms with Crippen molar-refractivity contribution in [2.24, 2.45) is 0 Å². The Hall–Kier alpha value is -5.08. The highest BCUT2D eigenvalue weighted by atomic mass is 32.1. The average Bonchev–Trinajstić information content (AvgIpc) is 3.28. The Labute approximate surface area is 228 Å². The summed E-state index contributed by atoms with van der Waals surface area (Å²) in [6, 6.07) is 28.2. The number of nitrogens with one attached hydrogen (secondary N) is 1. The second-order valence-electron chi connectivity index (χ2n) is 9.22. The van der Waals surface area contributed by atoms with Gasteiger partial charge in [0.15, 0.2) is 5.11 Å². The molecule has 1 aliphatic rings. The first kappa shape index (κ1) is 24.3. The van der Waals surface area contributed by atoms with Crippen molar-refractivity contribution in [2.45, 2.75) is 6.54 Å². The van der Waals surface area contributed by atoms with E-state index in [2.05, 4.69) is 40.2 Å². The minimum Gasteiger partial charge on any atom is -0.478 e. The van der Waals surface area contributed by atoms with Crippen LogP contribution in [-0.4, -0.2) is 32.6 Å². The molecule has 190 valence electrons. The van der Waals surface area contributed by atoms with Crippen molar-refractivity contribution in [1.29, 1.82) is 0 Å². The van der Waals surface area contributed by atoms with Crippen LogP contribution in [0.25, 0.3) is 27.8 Å². The summed E-state index contributed by atoms with van der Waals surface area (Å²) in [7, 11) is 0. The van der Waals surface area contributed by atoms with Crippen molar-refractivity contribution in [3.63, 3.8) is 0 Å². The zero-order valence-corrected chi connectivity index (χ0v) is 21.3. The number of hydrogen-bond acceptors (Lipinski definition) is 4. The fraction of sp³-hybridized carbons (Fsp3) is 0.0323. The van der Waals surface area contributed by atoms with Gasteiger partial charge in [0.25, 0.3) is 11.8 Å². The zero-order valence-electron chi connectivity index (χ0n) is 20.5. The monoisotopic (exact) mass is 531 g/mol. The van der Waals surface area contributed by atoms with Crippen LogP contribution in [0.3, 0.4) is 0 Å². The van der Waals surface area contributed by atoms with Gasteiger partial charge in [-0.3, -0.25) is 19.8 Å². The van der Waals surface area contributed by atoms with Gasteiger partial charge in [-0.1, -0.05) is 60.7 Å². The van der Waals surface area contributed by atoms with Gasteiger partial charge in [-0.2, -0.15) is 0 Å². The molecule has 0 spiro atoms. The number of carbonyl (C=O) groups is 3. The van der Waals surface area contributed by atoms with Gasteiger partial charge < -0.3 is 9.67 Å². The fourth-order valence-electron chi connectivity index (χ4n) is 4.88. The highest BCUT2D eigenvalue weighted by Gasteiger charge is 2.35. The number of carbonyl (C=O) groups excluding carboxylic acids is 2. The molecule has 2 N–H and O–H groups in total. The summed E-state index contributed by atoms with van der Waals surface area (Å²) in [6.07, 6.45) is 3.49. The number of rotatable bonds is 5. The Morgan fingerprint density at radius 2 is 1.67 bits per heavy atom. The Morgan fingerprint density at radius 1 is 0.897 bits per heavy atom. The number of amides is 2. The van der Waals surface area contributed by atoms with Gasteiger partial charge in [0.05, 0.1) is 11.3 Å². The van der Waals surface area contributed by atoms with Gasteiger partial charge in [-0.15, -0.1) is 0 Å². The van der Waals surface area contributed by atoms with Crippen LogP contribution in [0.1, 0.15) is 21.5 Å². The average molecular weight is 532 g/mol. The van der Waals surface area contributed by atoms with E-state index in [0.717, 1.165) is 26.8 Å². The molecule has 0 aliphatic carbocycles. The molecule has 7 nitrogen and oxygen atoms in total. The Morgan fingerprint density at radius 3 is 2.49 bits per heavy atom. The van der Waals surface area contributed by atoms with Crippen molar-refractivity contribution in [3.8, 4) is 0 Å². The molecule has 1 fully saturated rings. The van der Waals surface area contributed by atoms with Crippen LogP contribution >= 0.6 is 12.2 Å². The second-order valence-corrected chi connectivity index (χ2v) is 9.61. The normalized spacial score (nSPS) is 14.8. The van der Waals surface area contributed by atoms with E-state index in [9.17, 15) is 19.5 Å². The standard InChI is InChI=1S/C31H21N3O4S/c35-28-26(29(36)34(31(39)32-28)24-9-5-8-22(15-24)30(37)38)16-23-18-33(27-11-4-3-10-25(23)27)17-19-12-13-20-6-1-2-7-21(20)14-19/h1-16,18H,17H2,(H,37,38)(H,32,35,39). The highest BCUT2D eigenvalue weighted by molar-refractivity contribution is 7.80. The molecule has 39 heavy (non-hydrogen) atoms. The van der Waals surface area contributed by atoms with E-state index in [-0.39, 0.29) is 21.9 Å². The van der Waals surface area contributed by atoms with Gasteiger partial charge in [0.1, 0.15) is 5.57 Å². The van der Waals surface area contributed by atoms with Crippen molar-refractivity contribution in [1.82, 2.24) is 9.88 Å². The lowest BCUT2D eigenvalue weighted by Crippen LogP contribution is -2.54. The van der Waals surface area contributed by atoms with E-state index in [1.54, 1.807) is 12.1 Å². The largest absolute Gasteiger partial charge is 0.478 e. The predicted molar refractivity (Wildman–Crippen MR) is 155 cm³/mol. The van der Waals surface area contributed by atoms with Gasteiger partial charge in [-0.25, -0.2) is 4.79 Å². The number of aromatic carboxylic acids is 1. The molecular formula is C31H21N3O4S. The number of para-hydroxylation sites is 1. The number of thiocarbonyl (C=S) groups is 1. The molecule has 1 aliphatic heterocycles. The lowest BCUT2D eigenvalue weighted by atomic mass is 10.1. The van der Waals surface area contributed by atoms with Crippen LogP contribution in [-0.2, 0) is 16.1 Å². The third-order valence-corrected chi connectivity index (χ3v) is 7.02. The molecular weight excluding hydrogens is 510 g/mol. The molecule has 0 unspecified atom stereocenters. The predicted octanol–water partition coefficient (Wildman–Crippen LogP) is 5.37. The van der Waals surface area contributed by atoms with Crippen LogP contribution < -0.4 is 10.2 Å². The molecule has 5 aromatic rings. The number of aromatic nitrogens is 1. The molecule has 8 heteroatoms. The maximum atomic E-state index is 13.5. The summed E-state index contributed by atoms with van der Waals surface area (Å²) in [5, 5.41) is 15.0. The smallest absolute Gasteiger partial charge is 0.335 e. The van der Waals surface area contributed by atoms with Crippen LogP contribution in [0.4, 0.5) is 5.69 Å². The van der Waals surface area contributed by atoms with E-state index in [4.69, 9.17) is 12.2 Å². The minimum absolute atomic E-state index is 0.00212. The first-order valence-corrected chi connectivity index (χ1v) is 12.6. The van der Waals surface area contributed by atoms with Crippen LogP contribution in [0, 0.1) is 0 Å². The SMILES string of the molecule is O=C1NC(=S)N(c2cccc(C(=O)O)c2)C(=O)C1=Cc1cn(Cc2ccc3ccccc3c2)c2ccccc12. The number of nitrogens with zero attached hydrogens (tertiary/aromatic N) is 2. The molecule has 1 saturated heterocycles. The summed E-state index contributed by atoms with van der Waals surface area (Å²) in [4.78, 5) is 39.1. The molecule has 1 aromatic heterocycles. The Bertz CT molecular complexity index is 1870. The van der Waals surface area contributed by atoms with E-state index in [0.29, 0.717) is 12.1 Å². The summed E-state index contributed by atoms with van der Waals surface area (Å²) in [5.74, 6) is -2.37. The fourth-order valence-corrected chi connectivity index (χ4v) is 5.16.